The van der Waals surface area contributed by atoms with Gasteiger partial charge in [0.15, 0.2) is 11.4 Å². The molecule has 15 heteroatoms. The Balaban J connectivity index is 1.42. The van der Waals surface area contributed by atoms with Gasteiger partial charge in [0.25, 0.3) is 0 Å². The van der Waals surface area contributed by atoms with Crippen LogP contribution in [-0.4, -0.2) is 84.2 Å². The van der Waals surface area contributed by atoms with Gasteiger partial charge < -0.3 is 35.1 Å². The zero-order valence-electron chi connectivity index (χ0n) is 30.7. The van der Waals surface area contributed by atoms with Gasteiger partial charge in [0, 0.05) is 30.3 Å². The number of hydrogen-bond donors (Lipinski definition) is 3. The SMILES string of the molecule is CNC(=O)C12CC1/C=C\CCCCC[C@H](NC(=O)OCC(C)C)C(=O)N1C[C@@]3(CC(C)c4c(c(C(F)(F)F)nc5ccc(OC)cc45)O3)CC1C(=O)N2. The normalized spacial score (nSPS) is 29.5. The first kappa shape index (κ1) is 38.2. The number of likely N-dealkylation sites (N-methyl/N-ethyl adjacent to an activating group) is 1. The topological polar surface area (TPSA) is 148 Å². The number of aromatic nitrogens is 1. The van der Waals surface area contributed by atoms with Crippen LogP contribution in [0.25, 0.3) is 10.9 Å². The smallest absolute Gasteiger partial charge is 0.437 e. The number of amides is 4. The van der Waals surface area contributed by atoms with Gasteiger partial charge in [0.05, 0.1) is 25.8 Å². The van der Waals surface area contributed by atoms with E-state index in [0.717, 1.165) is 19.3 Å². The molecule has 6 atom stereocenters. The summed E-state index contributed by atoms with van der Waals surface area (Å²) in [6.07, 6.45) is 1.73. The Labute approximate surface area is 306 Å². The molecule has 4 amide bonds. The molecule has 1 saturated carbocycles. The molecule has 2 aromatic rings. The average Bonchev–Trinajstić information content (AvgIpc) is 3.68. The number of benzene rings is 1. The van der Waals surface area contributed by atoms with Crippen molar-refractivity contribution in [3.63, 3.8) is 0 Å². The maximum Gasteiger partial charge on any atom is 0.437 e. The maximum atomic E-state index is 14.7. The summed E-state index contributed by atoms with van der Waals surface area (Å²) < 4.78 is 61.4. The van der Waals surface area contributed by atoms with E-state index in [0.29, 0.717) is 29.5 Å². The lowest BCUT2D eigenvalue weighted by atomic mass is 9.80. The Morgan fingerprint density at radius 1 is 1.15 bits per heavy atom. The number of methoxy groups -OCH3 is 1. The number of nitrogens with zero attached hydrogens (tertiary/aromatic N) is 2. The molecule has 4 aliphatic rings. The van der Waals surface area contributed by atoms with Gasteiger partial charge in [-0.15, -0.1) is 0 Å². The fraction of sp³-hybridized carbons (Fsp3) is 0.605. The lowest BCUT2D eigenvalue weighted by Crippen LogP contribution is -2.57. The van der Waals surface area contributed by atoms with Crippen LogP contribution in [0.15, 0.2) is 30.4 Å². The molecule has 0 bridgehead atoms. The molecule has 3 aliphatic heterocycles. The molecular formula is C38H48F3N5O7. The molecule has 2 fully saturated rings. The summed E-state index contributed by atoms with van der Waals surface area (Å²) in [5, 5.41) is 8.70. The fourth-order valence-corrected chi connectivity index (χ4v) is 8.15. The summed E-state index contributed by atoms with van der Waals surface area (Å²) in [6.45, 7) is 5.43. The molecule has 4 unspecified atom stereocenters. The zero-order valence-corrected chi connectivity index (χ0v) is 30.7. The number of carbonyl (C=O) groups excluding carboxylic acids is 4. The number of carbonyl (C=O) groups is 4. The minimum Gasteiger partial charge on any atom is -0.497 e. The Bertz CT molecular complexity index is 1800. The molecule has 3 N–H and O–H groups in total. The van der Waals surface area contributed by atoms with Gasteiger partial charge in [-0.25, -0.2) is 9.78 Å². The molecular weight excluding hydrogens is 695 g/mol. The van der Waals surface area contributed by atoms with Gasteiger partial charge in [-0.1, -0.05) is 45.8 Å². The van der Waals surface area contributed by atoms with E-state index in [1.807, 2.05) is 26.0 Å². The van der Waals surface area contributed by atoms with Crippen LogP contribution in [-0.2, 0) is 25.3 Å². The average molecular weight is 744 g/mol. The Kier molecular flexibility index (Phi) is 10.6. The molecule has 4 heterocycles. The number of alkyl carbamates (subject to hydrolysis) is 1. The second-order valence-corrected chi connectivity index (χ2v) is 15.3. The van der Waals surface area contributed by atoms with Crippen molar-refractivity contribution in [2.75, 3.05) is 27.3 Å². The largest absolute Gasteiger partial charge is 0.497 e. The maximum absolute atomic E-state index is 14.7. The highest BCUT2D eigenvalue weighted by atomic mass is 19.4. The van der Waals surface area contributed by atoms with Gasteiger partial charge >= 0.3 is 12.3 Å². The molecule has 6 rings (SSSR count). The van der Waals surface area contributed by atoms with Crippen molar-refractivity contribution >= 4 is 34.7 Å². The van der Waals surface area contributed by atoms with E-state index in [2.05, 4.69) is 20.9 Å². The standard InChI is InChI=1S/C38H48F3N5O7/c1-21(2)19-52-35(50)44-27-12-10-8-6-7-9-11-23-17-37(23,34(49)42-4)45-32(47)28-18-36(20-46(28)33(27)48)16-22(3)29-25-15-24(51-5)13-14-26(25)43-31(30(29)53-36)38(39,40)41/h9,11,13-15,21-23,27-28H,6-8,10,12,16-20H2,1-5H3,(H,42,49)(H,44,50)(H,45,47)/b11-9-/t22?,23?,27-,28?,36+,37?/m0/s1. The monoisotopic (exact) mass is 743 g/mol. The third-order valence-corrected chi connectivity index (χ3v) is 10.8. The predicted molar refractivity (Wildman–Crippen MR) is 188 cm³/mol. The highest BCUT2D eigenvalue weighted by Crippen LogP contribution is 2.53. The highest BCUT2D eigenvalue weighted by molar-refractivity contribution is 5.98. The van der Waals surface area contributed by atoms with Crippen LogP contribution in [0.3, 0.4) is 0 Å². The van der Waals surface area contributed by atoms with Crippen molar-refractivity contribution in [2.24, 2.45) is 11.8 Å². The Morgan fingerprint density at radius 3 is 2.62 bits per heavy atom. The first-order valence-electron chi connectivity index (χ1n) is 18.3. The molecule has 1 spiro atoms. The van der Waals surface area contributed by atoms with Crippen LogP contribution in [0.1, 0.15) is 89.3 Å². The quantitative estimate of drug-likeness (QED) is 0.346. The number of allylic oxidation sites excluding steroid dienone is 1. The summed E-state index contributed by atoms with van der Waals surface area (Å²) >= 11 is 0. The minimum absolute atomic E-state index is 0.0467. The van der Waals surface area contributed by atoms with E-state index < -0.39 is 64.7 Å². The van der Waals surface area contributed by atoms with Gasteiger partial charge in [-0.05, 0) is 62.1 Å². The number of halogens is 3. The van der Waals surface area contributed by atoms with E-state index in [1.54, 1.807) is 19.1 Å². The van der Waals surface area contributed by atoms with Crippen LogP contribution in [0, 0.1) is 11.8 Å². The Morgan fingerprint density at radius 2 is 1.92 bits per heavy atom. The lowest BCUT2D eigenvalue weighted by molar-refractivity contribution is -0.144. The van der Waals surface area contributed by atoms with Gasteiger partial charge in [-0.2, -0.15) is 13.2 Å². The van der Waals surface area contributed by atoms with Crippen molar-refractivity contribution in [3.8, 4) is 11.5 Å². The molecule has 53 heavy (non-hydrogen) atoms. The molecule has 1 aromatic heterocycles. The first-order chi connectivity index (χ1) is 25.1. The zero-order chi connectivity index (χ0) is 38.3. The van der Waals surface area contributed by atoms with Crippen LogP contribution in [0.5, 0.6) is 11.5 Å². The van der Waals surface area contributed by atoms with Crippen LogP contribution in [0.4, 0.5) is 18.0 Å². The molecule has 1 aliphatic carbocycles. The van der Waals surface area contributed by atoms with E-state index >= 15 is 0 Å². The predicted octanol–water partition coefficient (Wildman–Crippen LogP) is 5.38. The molecule has 0 radical (unpaired) electrons. The number of hydrogen-bond acceptors (Lipinski definition) is 8. The second kappa shape index (κ2) is 14.7. The first-order valence-corrected chi connectivity index (χ1v) is 18.3. The van der Waals surface area contributed by atoms with Crippen molar-refractivity contribution in [1.29, 1.82) is 0 Å². The Hall–Kier alpha value is -4.56. The van der Waals surface area contributed by atoms with E-state index in [-0.39, 0.29) is 55.7 Å². The number of fused-ring (bicyclic) bond motifs is 5. The van der Waals surface area contributed by atoms with Crippen molar-refractivity contribution in [3.05, 3.63) is 41.6 Å². The lowest BCUT2D eigenvalue weighted by Gasteiger charge is -2.40. The number of nitrogens with one attached hydrogen (secondary N) is 3. The minimum atomic E-state index is -4.88. The van der Waals surface area contributed by atoms with E-state index in [4.69, 9.17) is 14.2 Å². The van der Waals surface area contributed by atoms with Crippen LogP contribution < -0.4 is 25.4 Å². The van der Waals surface area contributed by atoms with Crippen molar-refractivity contribution in [1.82, 2.24) is 25.8 Å². The third kappa shape index (κ3) is 7.61. The van der Waals surface area contributed by atoms with E-state index in [1.165, 1.54) is 25.1 Å². The third-order valence-electron chi connectivity index (χ3n) is 10.8. The van der Waals surface area contributed by atoms with E-state index in [9.17, 15) is 32.3 Å². The summed E-state index contributed by atoms with van der Waals surface area (Å²) in [7, 11) is 2.94. The summed E-state index contributed by atoms with van der Waals surface area (Å²) in [4.78, 5) is 60.4. The van der Waals surface area contributed by atoms with Gasteiger partial charge in [0.1, 0.15) is 29.0 Å². The number of rotatable bonds is 5. The van der Waals surface area contributed by atoms with Gasteiger partial charge in [-0.3, -0.25) is 14.4 Å². The van der Waals surface area contributed by atoms with Crippen LogP contribution in [0.2, 0.25) is 0 Å². The van der Waals surface area contributed by atoms with Gasteiger partial charge in [0.2, 0.25) is 17.7 Å². The number of ether oxygens (including phenoxy) is 3. The molecule has 1 saturated heterocycles. The summed E-state index contributed by atoms with van der Waals surface area (Å²) in [5.41, 5.74) is -3.44. The number of alkyl halides is 3. The molecule has 288 valence electrons. The van der Waals surface area contributed by atoms with Crippen LogP contribution >= 0.6 is 0 Å². The fourth-order valence-electron chi connectivity index (χ4n) is 8.15. The summed E-state index contributed by atoms with van der Waals surface area (Å²) in [6, 6.07) is 2.32. The number of pyridine rings is 1. The second-order valence-electron chi connectivity index (χ2n) is 15.3. The molecule has 12 nitrogen and oxygen atoms in total. The van der Waals surface area contributed by atoms with Crippen molar-refractivity contribution < 1.29 is 46.6 Å². The van der Waals surface area contributed by atoms with Crippen molar-refractivity contribution in [2.45, 2.75) is 107 Å². The molecule has 1 aromatic carbocycles. The summed E-state index contributed by atoms with van der Waals surface area (Å²) in [5.74, 6) is -2.37. The highest BCUT2D eigenvalue weighted by Gasteiger charge is 2.62.